The fourth-order valence-electron chi connectivity index (χ4n) is 2.84. The largest absolute Gasteiger partial charge is 0.352 e. The van der Waals surface area contributed by atoms with Crippen LogP contribution in [0.25, 0.3) is 22.0 Å². The Bertz CT molecular complexity index is 862. The minimum atomic E-state index is -0.121. The molecule has 0 aliphatic heterocycles. The van der Waals surface area contributed by atoms with Gasteiger partial charge in [-0.05, 0) is 18.1 Å². The summed E-state index contributed by atoms with van der Waals surface area (Å²) in [6, 6.07) is 17.8. The molecule has 0 spiro atoms. The highest BCUT2D eigenvalue weighted by molar-refractivity contribution is 6.19. The number of hydrogen-bond acceptors (Lipinski definition) is 2. The third kappa shape index (κ3) is 3.13. The normalized spacial score (nSPS) is 10.8. The van der Waals surface area contributed by atoms with E-state index in [0.717, 1.165) is 28.5 Å². The molecule has 3 nitrogen and oxygen atoms in total. The van der Waals surface area contributed by atoms with Crippen molar-refractivity contribution < 1.29 is 4.79 Å². The van der Waals surface area contributed by atoms with Crippen LogP contribution in [0.5, 0.6) is 0 Å². The molecule has 0 bridgehead atoms. The van der Waals surface area contributed by atoms with Crippen molar-refractivity contribution in [3.63, 3.8) is 0 Å². The van der Waals surface area contributed by atoms with Crippen molar-refractivity contribution in [2.24, 2.45) is 0 Å². The summed E-state index contributed by atoms with van der Waals surface area (Å²) in [6.07, 6.45) is 0.879. The number of rotatable bonds is 5. The molecule has 0 atom stereocenters. The van der Waals surface area contributed by atoms with E-state index in [2.05, 4.69) is 10.3 Å². The SMILES string of the molecule is CCCNC(=O)c1c(CCl)nc2ccccc2c1-c1ccccc1. The van der Waals surface area contributed by atoms with Crippen LogP contribution in [-0.2, 0) is 5.88 Å². The number of alkyl halides is 1. The van der Waals surface area contributed by atoms with Crippen LogP contribution in [-0.4, -0.2) is 17.4 Å². The molecule has 0 radical (unpaired) electrons. The number of carbonyl (C=O) groups excluding carboxylic acids is 1. The number of aromatic nitrogens is 1. The zero-order valence-electron chi connectivity index (χ0n) is 13.6. The Labute approximate surface area is 146 Å². The monoisotopic (exact) mass is 338 g/mol. The third-order valence-corrected chi connectivity index (χ3v) is 4.17. The Balaban J connectivity index is 2.32. The molecule has 122 valence electrons. The van der Waals surface area contributed by atoms with Crippen LogP contribution in [0.1, 0.15) is 29.4 Å². The van der Waals surface area contributed by atoms with Crippen LogP contribution in [0.15, 0.2) is 54.6 Å². The van der Waals surface area contributed by atoms with Crippen molar-refractivity contribution in [3.8, 4) is 11.1 Å². The van der Waals surface area contributed by atoms with E-state index in [1.807, 2.05) is 61.5 Å². The molecule has 3 aromatic rings. The number of carbonyl (C=O) groups is 1. The number of nitrogens with zero attached hydrogens (tertiary/aromatic N) is 1. The summed E-state index contributed by atoms with van der Waals surface area (Å²) in [4.78, 5) is 17.4. The van der Waals surface area contributed by atoms with Crippen molar-refractivity contribution in [1.29, 1.82) is 0 Å². The van der Waals surface area contributed by atoms with Crippen LogP contribution in [0, 0.1) is 0 Å². The Morgan fingerprint density at radius 3 is 2.50 bits per heavy atom. The topological polar surface area (TPSA) is 42.0 Å². The lowest BCUT2D eigenvalue weighted by Crippen LogP contribution is -2.26. The summed E-state index contributed by atoms with van der Waals surface area (Å²) in [7, 11) is 0. The van der Waals surface area contributed by atoms with Gasteiger partial charge in [-0.3, -0.25) is 9.78 Å². The summed E-state index contributed by atoms with van der Waals surface area (Å²) in [5.74, 6) is 0.0733. The zero-order valence-corrected chi connectivity index (χ0v) is 14.3. The lowest BCUT2D eigenvalue weighted by molar-refractivity contribution is 0.0953. The van der Waals surface area contributed by atoms with E-state index in [1.165, 1.54) is 0 Å². The minimum absolute atomic E-state index is 0.121. The van der Waals surface area contributed by atoms with Gasteiger partial charge in [0.2, 0.25) is 0 Å². The van der Waals surface area contributed by atoms with Gasteiger partial charge in [-0.15, -0.1) is 11.6 Å². The van der Waals surface area contributed by atoms with Crippen molar-refractivity contribution in [2.45, 2.75) is 19.2 Å². The zero-order chi connectivity index (χ0) is 16.9. The van der Waals surface area contributed by atoms with Crippen LogP contribution in [0.3, 0.4) is 0 Å². The van der Waals surface area contributed by atoms with Crippen LogP contribution >= 0.6 is 11.6 Å². The Kier molecular flexibility index (Phi) is 5.11. The van der Waals surface area contributed by atoms with Gasteiger partial charge in [0.1, 0.15) is 0 Å². The first-order chi connectivity index (χ1) is 11.8. The molecule has 4 heteroatoms. The highest BCUT2D eigenvalue weighted by atomic mass is 35.5. The van der Waals surface area contributed by atoms with Gasteiger partial charge in [-0.2, -0.15) is 0 Å². The van der Waals surface area contributed by atoms with Crippen molar-refractivity contribution in [2.75, 3.05) is 6.54 Å². The Morgan fingerprint density at radius 2 is 1.79 bits per heavy atom. The molecular formula is C20H19ClN2O. The molecule has 0 aliphatic rings. The van der Waals surface area contributed by atoms with E-state index in [4.69, 9.17) is 11.6 Å². The Hall–Kier alpha value is -2.39. The lowest BCUT2D eigenvalue weighted by Gasteiger charge is -2.16. The van der Waals surface area contributed by atoms with Gasteiger partial charge in [0.05, 0.1) is 22.7 Å². The second-order valence-electron chi connectivity index (χ2n) is 5.58. The second-order valence-corrected chi connectivity index (χ2v) is 5.85. The second kappa shape index (κ2) is 7.45. The molecule has 1 amide bonds. The number of para-hydroxylation sites is 1. The smallest absolute Gasteiger partial charge is 0.253 e. The number of amides is 1. The van der Waals surface area contributed by atoms with Crippen LogP contribution in [0.4, 0.5) is 0 Å². The molecule has 0 unspecified atom stereocenters. The number of hydrogen-bond donors (Lipinski definition) is 1. The van der Waals surface area contributed by atoms with E-state index in [9.17, 15) is 4.79 Å². The predicted octanol–water partition coefficient (Wildman–Crippen LogP) is 4.78. The molecule has 24 heavy (non-hydrogen) atoms. The number of halogens is 1. The first-order valence-electron chi connectivity index (χ1n) is 8.07. The predicted molar refractivity (Wildman–Crippen MR) is 99.4 cm³/mol. The third-order valence-electron chi connectivity index (χ3n) is 3.92. The highest BCUT2D eigenvalue weighted by Gasteiger charge is 2.21. The van der Waals surface area contributed by atoms with Gasteiger partial charge >= 0.3 is 0 Å². The van der Waals surface area contributed by atoms with Crippen molar-refractivity contribution in [3.05, 3.63) is 65.9 Å². The maximum atomic E-state index is 12.8. The molecule has 1 N–H and O–H groups in total. The summed E-state index contributed by atoms with van der Waals surface area (Å²) in [5, 5.41) is 3.92. The fraction of sp³-hybridized carbons (Fsp3) is 0.200. The van der Waals surface area contributed by atoms with Crippen molar-refractivity contribution in [1.82, 2.24) is 10.3 Å². The maximum Gasteiger partial charge on any atom is 0.253 e. The maximum absolute atomic E-state index is 12.8. The first kappa shape index (κ1) is 16.5. The Morgan fingerprint density at radius 1 is 1.08 bits per heavy atom. The van der Waals surface area contributed by atoms with Gasteiger partial charge in [0.15, 0.2) is 0 Å². The number of benzene rings is 2. The lowest BCUT2D eigenvalue weighted by atomic mass is 9.94. The van der Waals surface area contributed by atoms with Crippen molar-refractivity contribution >= 4 is 28.4 Å². The first-order valence-corrected chi connectivity index (χ1v) is 8.61. The van der Waals surface area contributed by atoms with Gasteiger partial charge in [-0.25, -0.2) is 0 Å². The van der Waals surface area contributed by atoms with Gasteiger partial charge < -0.3 is 5.32 Å². The minimum Gasteiger partial charge on any atom is -0.352 e. The summed E-state index contributed by atoms with van der Waals surface area (Å²) in [6.45, 7) is 2.65. The molecule has 0 saturated heterocycles. The molecule has 1 heterocycles. The molecule has 2 aromatic carbocycles. The molecule has 1 aromatic heterocycles. The van der Waals surface area contributed by atoms with E-state index in [0.29, 0.717) is 17.8 Å². The van der Waals surface area contributed by atoms with E-state index in [1.54, 1.807) is 0 Å². The average Bonchev–Trinajstić information content (AvgIpc) is 2.65. The van der Waals surface area contributed by atoms with E-state index in [-0.39, 0.29) is 11.8 Å². The number of fused-ring (bicyclic) bond motifs is 1. The quantitative estimate of drug-likeness (QED) is 0.680. The van der Waals surface area contributed by atoms with E-state index < -0.39 is 0 Å². The molecule has 0 fully saturated rings. The van der Waals surface area contributed by atoms with Crippen LogP contribution < -0.4 is 5.32 Å². The fourth-order valence-corrected chi connectivity index (χ4v) is 3.03. The summed E-state index contributed by atoms with van der Waals surface area (Å²) < 4.78 is 0. The highest BCUT2D eigenvalue weighted by Crippen LogP contribution is 2.33. The average molecular weight is 339 g/mol. The number of pyridine rings is 1. The van der Waals surface area contributed by atoms with Crippen LogP contribution in [0.2, 0.25) is 0 Å². The molecular weight excluding hydrogens is 320 g/mol. The standard InChI is InChI=1S/C20H19ClN2O/c1-2-12-22-20(24)19-17(13-21)23-16-11-7-6-10-15(16)18(19)14-8-4-3-5-9-14/h3-11H,2,12-13H2,1H3,(H,22,24). The van der Waals surface area contributed by atoms with E-state index >= 15 is 0 Å². The van der Waals surface area contributed by atoms with Gasteiger partial charge in [-0.1, -0.05) is 55.5 Å². The van der Waals surface area contributed by atoms with Gasteiger partial charge in [0.25, 0.3) is 5.91 Å². The summed E-state index contributed by atoms with van der Waals surface area (Å²) >= 11 is 6.13. The molecule has 0 saturated carbocycles. The summed E-state index contributed by atoms with van der Waals surface area (Å²) in [5.41, 5.74) is 3.92. The molecule has 3 rings (SSSR count). The molecule has 0 aliphatic carbocycles. The van der Waals surface area contributed by atoms with Gasteiger partial charge in [0, 0.05) is 17.5 Å². The number of nitrogens with one attached hydrogen (secondary N) is 1.